The zero-order chi connectivity index (χ0) is 13.3. The summed E-state index contributed by atoms with van der Waals surface area (Å²) in [6.07, 6.45) is -1.70. The fraction of sp³-hybridized carbons (Fsp3) is 0.500. The predicted octanol–water partition coefficient (Wildman–Crippen LogP) is -1.78. The molecule has 1 aromatic rings. The maximum absolute atomic E-state index is 11.6. The second-order valence-electron chi connectivity index (χ2n) is 3.94. The van der Waals surface area contributed by atoms with Crippen LogP contribution in [0, 0.1) is 17.2 Å². The van der Waals surface area contributed by atoms with Gasteiger partial charge in [-0.2, -0.15) is 10.2 Å². The highest BCUT2D eigenvalue weighted by molar-refractivity contribution is 5.23. The topological polar surface area (TPSA) is 134 Å². The quantitative estimate of drug-likeness (QED) is 0.566. The molecule has 8 heteroatoms. The van der Waals surface area contributed by atoms with Crippen molar-refractivity contribution in [2.45, 2.75) is 18.4 Å². The molecule has 2 unspecified atom stereocenters. The molecule has 1 aliphatic heterocycles. The molecule has 0 saturated carbocycles. The molecule has 4 atom stereocenters. The minimum atomic E-state index is -1.16. The molecule has 0 radical (unpaired) electrons. The van der Waals surface area contributed by atoms with E-state index in [0.29, 0.717) is 0 Å². The first-order valence-electron chi connectivity index (χ1n) is 5.27. The van der Waals surface area contributed by atoms with Crippen molar-refractivity contribution in [3.05, 3.63) is 22.7 Å². The van der Waals surface area contributed by atoms with Crippen molar-refractivity contribution in [1.82, 2.24) is 9.55 Å². The number of nitriles is 1. The van der Waals surface area contributed by atoms with Crippen LogP contribution in [0.1, 0.15) is 6.23 Å². The van der Waals surface area contributed by atoms with Gasteiger partial charge >= 0.3 is 5.69 Å². The molecule has 0 spiro atoms. The van der Waals surface area contributed by atoms with Crippen molar-refractivity contribution in [3.8, 4) is 6.07 Å². The van der Waals surface area contributed by atoms with Crippen LogP contribution in [0.25, 0.3) is 0 Å². The number of ether oxygens (including phenoxy) is 1. The minimum Gasteiger partial charge on any atom is -0.394 e. The van der Waals surface area contributed by atoms with Gasteiger partial charge in [0.2, 0.25) is 0 Å². The van der Waals surface area contributed by atoms with Gasteiger partial charge in [-0.25, -0.2) is 4.79 Å². The maximum Gasteiger partial charge on any atom is 0.351 e. The van der Waals surface area contributed by atoms with Crippen LogP contribution < -0.4 is 11.4 Å². The summed E-state index contributed by atoms with van der Waals surface area (Å²) in [6, 6.07) is 3.25. The number of hydrogen-bond donors (Lipinski definition) is 3. The summed E-state index contributed by atoms with van der Waals surface area (Å²) in [5.41, 5.74) is 4.68. The number of aliphatic hydroxyl groups is 2. The summed E-state index contributed by atoms with van der Waals surface area (Å²) in [7, 11) is 0. The van der Waals surface area contributed by atoms with Crippen LogP contribution in [0.3, 0.4) is 0 Å². The molecule has 1 saturated heterocycles. The molecule has 1 fully saturated rings. The van der Waals surface area contributed by atoms with E-state index >= 15 is 0 Å². The average molecular weight is 252 g/mol. The van der Waals surface area contributed by atoms with E-state index in [2.05, 4.69) is 4.98 Å². The van der Waals surface area contributed by atoms with Crippen molar-refractivity contribution < 1.29 is 14.9 Å². The molecular formula is C10H12N4O4. The highest BCUT2D eigenvalue weighted by Gasteiger charge is 2.45. The van der Waals surface area contributed by atoms with Crippen LogP contribution >= 0.6 is 0 Å². The van der Waals surface area contributed by atoms with Gasteiger partial charge in [0.15, 0.2) is 6.23 Å². The fourth-order valence-electron chi connectivity index (χ4n) is 1.89. The third-order valence-corrected chi connectivity index (χ3v) is 2.82. The molecule has 0 aromatic carbocycles. The lowest BCUT2D eigenvalue weighted by molar-refractivity contribution is -0.0469. The average Bonchev–Trinajstić information content (AvgIpc) is 2.65. The number of hydrogen-bond acceptors (Lipinski definition) is 7. The largest absolute Gasteiger partial charge is 0.394 e. The molecule has 8 nitrogen and oxygen atoms in total. The Morgan fingerprint density at radius 3 is 2.94 bits per heavy atom. The highest BCUT2D eigenvalue weighted by Crippen LogP contribution is 2.33. The second-order valence-corrected chi connectivity index (χ2v) is 3.94. The molecule has 1 aromatic heterocycles. The first-order valence-corrected chi connectivity index (χ1v) is 5.27. The van der Waals surface area contributed by atoms with Crippen molar-refractivity contribution in [2.75, 3.05) is 12.3 Å². The van der Waals surface area contributed by atoms with E-state index in [9.17, 15) is 9.90 Å². The smallest absolute Gasteiger partial charge is 0.351 e. The maximum atomic E-state index is 11.6. The number of nitrogens with two attached hydrogens (primary N) is 1. The fourth-order valence-corrected chi connectivity index (χ4v) is 1.89. The molecule has 1 aliphatic rings. The molecule has 2 heterocycles. The Kier molecular flexibility index (Phi) is 3.29. The molecule has 4 N–H and O–H groups in total. The summed E-state index contributed by atoms with van der Waals surface area (Å²) < 4.78 is 6.37. The Morgan fingerprint density at radius 2 is 2.39 bits per heavy atom. The Bertz CT molecular complexity index is 537. The van der Waals surface area contributed by atoms with Crippen LogP contribution in [-0.2, 0) is 4.74 Å². The van der Waals surface area contributed by atoms with Gasteiger partial charge in [-0.1, -0.05) is 0 Å². The van der Waals surface area contributed by atoms with Crippen molar-refractivity contribution in [3.63, 3.8) is 0 Å². The highest BCUT2D eigenvalue weighted by atomic mass is 16.5. The monoisotopic (exact) mass is 252 g/mol. The van der Waals surface area contributed by atoms with Crippen LogP contribution in [0.5, 0.6) is 0 Å². The Hall–Kier alpha value is -1.95. The Balaban J connectivity index is 2.39. The van der Waals surface area contributed by atoms with Crippen LogP contribution in [0.4, 0.5) is 5.82 Å². The molecule has 0 amide bonds. The first-order chi connectivity index (χ1) is 8.58. The normalized spacial score (nSPS) is 31.2. The number of aromatic nitrogens is 2. The van der Waals surface area contributed by atoms with E-state index < -0.39 is 36.7 Å². The van der Waals surface area contributed by atoms with Gasteiger partial charge in [0.05, 0.1) is 12.7 Å². The van der Waals surface area contributed by atoms with E-state index in [1.807, 2.05) is 6.07 Å². The number of rotatable bonds is 2. The standard InChI is InChI=1S/C10H12N4O4/c11-3-5-8(16)6(4-15)18-9(5)14-2-1-7(12)13-10(14)17/h1-2,5-6,8-9,15-16H,4H2,(H2,12,13,17)/t5?,6?,8-,9+/m0/s1. The number of aliphatic hydroxyl groups excluding tert-OH is 2. The third kappa shape index (κ3) is 1.95. The molecule has 0 aliphatic carbocycles. The van der Waals surface area contributed by atoms with Gasteiger partial charge in [-0.3, -0.25) is 4.57 Å². The van der Waals surface area contributed by atoms with E-state index in [-0.39, 0.29) is 5.82 Å². The van der Waals surface area contributed by atoms with Gasteiger partial charge < -0.3 is 20.7 Å². The lowest BCUT2D eigenvalue weighted by Crippen LogP contribution is -2.31. The summed E-state index contributed by atoms with van der Waals surface area (Å²) in [5, 5.41) is 27.8. The molecule has 18 heavy (non-hydrogen) atoms. The van der Waals surface area contributed by atoms with Crippen molar-refractivity contribution in [2.24, 2.45) is 5.92 Å². The van der Waals surface area contributed by atoms with E-state index in [4.69, 9.17) is 20.8 Å². The van der Waals surface area contributed by atoms with Crippen molar-refractivity contribution in [1.29, 1.82) is 5.26 Å². The minimum absolute atomic E-state index is 0.0574. The Labute approximate surface area is 102 Å². The lowest BCUT2D eigenvalue weighted by Gasteiger charge is -2.16. The van der Waals surface area contributed by atoms with Crippen LogP contribution in [0.15, 0.2) is 17.1 Å². The molecule has 2 rings (SSSR count). The number of nitrogens with zero attached hydrogens (tertiary/aromatic N) is 3. The first kappa shape index (κ1) is 12.5. The van der Waals surface area contributed by atoms with Crippen molar-refractivity contribution >= 4 is 5.82 Å². The van der Waals surface area contributed by atoms with Gasteiger partial charge in [0.25, 0.3) is 0 Å². The lowest BCUT2D eigenvalue weighted by atomic mass is 10.0. The predicted molar refractivity (Wildman–Crippen MR) is 59.0 cm³/mol. The second kappa shape index (κ2) is 4.73. The zero-order valence-corrected chi connectivity index (χ0v) is 9.30. The van der Waals surface area contributed by atoms with E-state index in [0.717, 1.165) is 4.57 Å². The number of nitrogen functional groups attached to an aromatic ring is 1. The van der Waals surface area contributed by atoms with Gasteiger partial charge in [-0.05, 0) is 6.07 Å². The third-order valence-electron chi connectivity index (χ3n) is 2.82. The summed E-state index contributed by atoms with van der Waals surface area (Å²) in [5.74, 6) is -0.896. The van der Waals surface area contributed by atoms with Crippen LogP contribution in [0.2, 0.25) is 0 Å². The summed E-state index contributed by atoms with van der Waals surface area (Å²) in [4.78, 5) is 15.1. The van der Waals surface area contributed by atoms with E-state index in [1.54, 1.807) is 0 Å². The summed E-state index contributed by atoms with van der Waals surface area (Å²) in [6.45, 7) is -0.438. The van der Waals surface area contributed by atoms with Gasteiger partial charge in [0.1, 0.15) is 23.9 Å². The molecule has 0 bridgehead atoms. The molecular weight excluding hydrogens is 240 g/mol. The Morgan fingerprint density at radius 1 is 1.67 bits per heavy atom. The van der Waals surface area contributed by atoms with Gasteiger partial charge in [-0.15, -0.1) is 0 Å². The zero-order valence-electron chi connectivity index (χ0n) is 9.30. The van der Waals surface area contributed by atoms with E-state index in [1.165, 1.54) is 12.3 Å². The SMILES string of the molecule is N#CC1[C@H](O)C(CO)O[C@H]1n1ccc(N)nc1=O. The van der Waals surface area contributed by atoms with Gasteiger partial charge in [0, 0.05) is 6.20 Å². The number of anilines is 1. The van der Waals surface area contributed by atoms with Crippen LogP contribution in [-0.4, -0.2) is 38.6 Å². The molecule has 96 valence electrons. The summed E-state index contributed by atoms with van der Waals surface area (Å²) >= 11 is 0.